The molecule has 0 spiro atoms. The van der Waals surface area contributed by atoms with Gasteiger partial charge in [-0.15, -0.1) is 6.58 Å². The molecular formula is C18H18F3N3O2S. The number of methoxy groups -OCH3 is 1. The summed E-state index contributed by atoms with van der Waals surface area (Å²) in [5.41, 5.74) is -0.366. The van der Waals surface area contributed by atoms with Crippen molar-refractivity contribution < 1.29 is 22.7 Å². The maximum absolute atomic E-state index is 13.2. The molecule has 0 saturated heterocycles. The fraction of sp³-hybridized carbons (Fsp3) is 0.278. The maximum atomic E-state index is 13.2. The predicted molar refractivity (Wildman–Crippen MR) is 97.6 cm³/mol. The van der Waals surface area contributed by atoms with Crippen molar-refractivity contribution in [3.63, 3.8) is 0 Å². The molecule has 144 valence electrons. The Hall–Kier alpha value is -2.55. The molecule has 27 heavy (non-hydrogen) atoms. The van der Waals surface area contributed by atoms with Crippen LogP contribution in [0, 0.1) is 0 Å². The second kappa shape index (κ2) is 9.40. The van der Waals surface area contributed by atoms with Crippen LogP contribution < -0.4 is 10.1 Å². The van der Waals surface area contributed by atoms with Gasteiger partial charge in [0, 0.05) is 24.3 Å². The third-order valence-electron chi connectivity index (χ3n) is 3.39. The van der Waals surface area contributed by atoms with E-state index in [4.69, 9.17) is 4.74 Å². The number of amides is 1. The summed E-state index contributed by atoms with van der Waals surface area (Å²) in [5, 5.41) is 2.56. The van der Waals surface area contributed by atoms with E-state index in [-0.39, 0.29) is 28.9 Å². The summed E-state index contributed by atoms with van der Waals surface area (Å²) in [6.07, 6.45) is -2.92. The quantitative estimate of drug-likeness (QED) is 0.415. The molecule has 1 heterocycles. The van der Waals surface area contributed by atoms with Crippen LogP contribution in [0.2, 0.25) is 0 Å². The van der Waals surface area contributed by atoms with Crippen molar-refractivity contribution in [2.24, 2.45) is 0 Å². The molecule has 1 aromatic heterocycles. The number of hydrogen-bond donors (Lipinski definition) is 1. The van der Waals surface area contributed by atoms with Gasteiger partial charge in [0.1, 0.15) is 11.4 Å². The SMILES string of the molecule is C=CCNC(=O)CCSc1nc(-c2ccc(OC)cc2)cc(C(F)(F)F)n1. The van der Waals surface area contributed by atoms with Crippen LogP contribution in [0.25, 0.3) is 11.3 Å². The number of rotatable bonds is 8. The number of nitrogens with zero attached hydrogens (tertiary/aromatic N) is 2. The first-order valence-corrected chi connectivity index (χ1v) is 8.93. The highest BCUT2D eigenvalue weighted by Crippen LogP contribution is 2.32. The van der Waals surface area contributed by atoms with E-state index in [1.165, 1.54) is 7.11 Å². The molecule has 1 amide bonds. The Labute approximate surface area is 159 Å². The summed E-state index contributed by atoms with van der Waals surface area (Å²) in [6.45, 7) is 3.83. The minimum atomic E-state index is -4.60. The number of alkyl halides is 3. The van der Waals surface area contributed by atoms with Crippen molar-refractivity contribution in [1.82, 2.24) is 15.3 Å². The molecule has 2 rings (SSSR count). The van der Waals surface area contributed by atoms with Crippen molar-refractivity contribution in [2.45, 2.75) is 17.8 Å². The van der Waals surface area contributed by atoms with Crippen LogP contribution in [-0.4, -0.2) is 35.3 Å². The van der Waals surface area contributed by atoms with Crippen molar-refractivity contribution in [2.75, 3.05) is 19.4 Å². The Kier molecular flexibility index (Phi) is 7.23. The normalized spacial score (nSPS) is 11.1. The third-order valence-corrected chi connectivity index (χ3v) is 4.23. The van der Waals surface area contributed by atoms with E-state index in [1.807, 2.05) is 0 Å². The Bertz CT molecular complexity index is 795. The second-order valence-corrected chi connectivity index (χ2v) is 6.40. The van der Waals surface area contributed by atoms with E-state index < -0.39 is 11.9 Å². The molecular weight excluding hydrogens is 379 g/mol. The van der Waals surface area contributed by atoms with E-state index >= 15 is 0 Å². The molecule has 9 heteroatoms. The molecule has 5 nitrogen and oxygen atoms in total. The molecule has 1 aromatic carbocycles. The number of thioether (sulfide) groups is 1. The number of carbonyl (C=O) groups excluding carboxylic acids is 1. The lowest BCUT2D eigenvalue weighted by atomic mass is 10.1. The van der Waals surface area contributed by atoms with Crippen LogP contribution in [0.4, 0.5) is 13.2 Å². The Morgan fingerprint density at radius 2 is 2.00 bits per heavy atom. The maximum Gasteiger partial charge on any atom is 0.433 e. The molecule has 0 saturated carbocycles. The van der Waals surface area contributed by atoms with Gasteiger partial charge in [0.05, 0.1) is 12.8 Å². The van der Waals surface area contributed by atoms with E-state index in [9.17, 15) is 18.0 Å². The summed E-state index contributed by atoms with van der Waals surface area (Å²) in [6, 6.07) is 7.43. The van der Waals surface area contributed by atoms with Crippen LogP contribution in [0.1, 0.15) is 12.1 Å². The molecule has 0 unspecified atom stereocenters. The molecule has 0 radical (unpaired) electrons. The smallest absolute Gasteiger partial charge is 0.433 e. The average Bonchev–Trinajstić information content (AvgIpc) is 2.65. The Morgan fingerprint density at radius 1 is 1.30 bits per heavy atom. The number of ether oxygens (including phenoxy) is 1. The average molecular weight is 397 g/mol. The highest BCUT2D eigenvalue weighted by atomic mass is 32.2. The van der Waals surface area contributed by atoms with E-state index in [2.05, 4.69) is 21.9 Å². The van der Waals surface area contributed by atoms with Gasteiger partial charge in [0.2, 0.25) is 5.91 Å². The van der Waals surface area contributed by atoms with E-state index in [1.54, 1.807) is 30.3 Å². The molecule has 0 atom stereocenters. The monoisotopic (exact) mass is 397 g/mol. The van der Waals surface area contributed by atoms with Gasteiger partial charge >= 0.3 is 6.18 Å². The van der Waals surface area contributed by atoms with Gasteiger partial charge in [0.25, 0.3) is 0 Å². The Morgan fingerprint density at radius 3 is 2.59 bits per heavy atom. The van der Waals surface area contributed by atoms with Gasteiger partial charge in [-0.05, 0) is 30.3 Å². The Balaban J connectivity index is 2.20. The van der Waals surface area contributed by atoms with Crippen LogP contribution in [-0.2, 0) is 11.0 Å². The van der Waals surface area contributed by atoms with Crippen LogP contribution in [0.3, 0.4) is 0 Å². The molecule has 2 aromatic rings. The first kappa shape index (κ1) is 20.8. The number of halogens is 3. The first-order valence-electron chi connectivity index (χ1n) is 7.94. The van der Waals surface area contributed by atoms with Crippen molar-refractivity contribution in [3.8, 4) is 17.0 Å². The van der Waals surface area contributed by atoms with Gasteiger partial charge in [-0.3, -0.25) is 4.79 Å². The lowest BCUT2D eigenvalue weighted by Crippen LogP contribution is -2.23. The van der Waals surface area contributed by atoms with Gasteiger partial charge in [0.15, 0.2) is 5.16 Å². The van der Waals surface area contributed by atoms with Crippen molar-refractivity contribution in [3.05, 3.63) is 48.7 Å². The van der Waals surface area contributed by atoms with Crippen LogP contribution in [0.5, 0.6) is 5.75 Å². The summed E-state index contributed by atoms with van der Waals surface area (Å²) in [5.74, 6) is 0.625. The zero-order chi connectivity index (χ0) is 19.9. The standard InChI is InChI=1S/C18H18F3N3O2S/c1-3-9-22-16(25)8-10-27-17-23-14(11-15(24-17)18(19,20)21)12-4-6-13(26-2)7-5-12/h3-7,11H,1,8-10H2,2H3,(H,22,25). The highest BCUT2D eigenvalue weighted by Gasteiger charge is 2.33. The van der Waals surface area contributed by atoms with Crippen LogP contribution >= 0.6 is 11.8 Å². The summed E-state index contributed by atoms with van der Waals surface area (Å²) in [4.78, 5) is 19.3. The fourth-order valence-electron chi connectivity index (χ4n) is 2.05. The number of benzene rings is 1. The second-order valence-electron chi connectivity index (χ2n) is 5.34. The highest BCUT2D eigenvalue weighted by molar-refractivity contribution is 7.99. The largest absolute Gasteiger partial charge is 0.497 e. The minimum Gasteiger partial charge on any atom is -0.497 e. The van der Waals surface area contributed by atoms with E-state index in [0.717, 1.165) is 17.8 Å². The van der Waals surface area contributed by atoms with Gasteiger partial charge in [-0.2, -0.15) is 13.2 Å². The fourth-order valence-corrected chi connectivity index (χ4v) is 2.85. The zero-order valence-corrected chi connectivity index (χ0v) is 15.4. The molecule has 0 bridgehead atoms. The summed E-state index contributed by atoms with van der Waals surface area (Å²) in [7, 11) is 1.50. The predicted octanol–water partition coefficient (Wildman–Crippen LogP) is 3.96. The molecule has 0 fully saturated rings. The summed E-state index contributed by atoms with van der Waals surface area (Å²) >= 11 is 0.995. The summed E-state index contributed by atoms with van der Waals surface area (Å²) < 4.78 is 44.6. The molecule has 1 N–H and O–H groups in total. The van der Waals surface area contributed by atoms with Gasteiger partial charge < -0.3 is 10.1 Å². The number of aromatic nitrogens is 2. The number of nitrogens with one attached hydrogen (secondary N) is 1. The third kappa shape index (κ3) is 6.28. The molecule has 0 aliphatic heterocycles. The minimum absolute atomic E-state index is 0.0350. The molecule has 0 aliphatic rings. The molecule has 0 aliphatic carbocycles. The zero-order valence-electron chi connectivity index (χ0n) is 14.5. The van der Waals surface area contributed by atoms with E-state index in [0.29, 0.717) is 17.9 Å². The van der Waals surface area contributed by atoms with Crippen molar-refractivity contribution in [1.29, 1.82) is 0 Å². The van der Waals surface area contributed by atoms with Crippen molar-refractivity contribution >= 4 is 17.7 Å². The lowest BCUT2D eigenvalue weighted by molar-refractivity contribution is -0.141. The number of carbonyl (C=O) groups is 1. The van der Waals surface area contributed by atoms with Gasteiger partial charge in [-0.1, -0.05) is 17.8 Å². The first-order chi connectivity index (χ1) is 12.8. The lowest BCUT2D eigenvalue weighted by Gasteiger charge is -2.11. The van der Waals surface area contributed by atoms with Gasteiger partial charge in [-0.25, -0.2) is 9.97 Å². The van der Waals surface area contributed by atoms with Crippen LogP contribution in [0.15, 0.2) is 48.1 Å². The topological polar surface area (TPSA) is 64.1 Å². The number of hydrogen-bond acceptors (Lipinski definition) is 5.